The lowest BCUT2D eigenvalue weighted by Crippen LogP contribution is -2.35. The van der Waals surface area contributed by atoms with Gasteiger partial charge in [-0.25, -0.2) is 0 Å². The number of halogens is 1. The molecule has 24 heavy (non-hydrogen) atoms. The van der Waals surface area contributed by atoms with E-state index in [4.69, 9.17) is 11.6 Å². The second-order valence-corrected chi connectivity index (χ2v) is 6.51. The van der Waals surface area contributed by atoms with Crippen molar-refractivity contribution in [3.8, 4) is 0 Å². The number of hydrogen-bond donors (Lipinski definition) is 2. The fourth-order valence-electron chi connectivity index (χ4n) is 1.96. The fourth-order valence-corrected chi connectivity index (χ4v) is 2.91. The third kappa shape index (κ3) is 6.64. The largest absolute Gasteiger partial charge is 0.354 e. The first-order valence-electron chi connectivity index (χ1n) is 7.57. The van der Waals surface area contributed by atoms with Gasteiger partial charge in [-0.1, -0.05) is 41.9 Å². The Morgan fingerprint density at radius 1 is 0.917 bits per heavy atom. The quantitative estimate of drug-likeness (QED) is 0.709. The molecule has 0 atom stereocenters. The molecular weight excluding hydrogens is 344 g/mol. The molecule has 0 aromatic heterocycles. The molecule has 0 spiro atoms. The van der Waals surface area contributed by atoms with E-state index in [1.54, 1.807) is 12.1 Å². The highest BCUT2D eigenvalue weighted by molar-refractivity contribution is 7.99. The first-order chi connectivity index (χ1) is 11.6. The molecule has 6 heteroatoms. The van der Waals surface area contributed by atoms with Crippen LogP contribution in [0.15, 0.2) is 54.6 Å². The molecule has 0 unspecified atom stereocenters. The zero-order valence-electron chi connectivity index (χ0n) is 13.1. The van der Waals surface area contributed by atoms with Crippen molar-refractivity contribution in [1.29, 1.82) is 0 Å². The fraction of sp³-hybridized carbons (Fsp3) is 0.222. The van der Waals surface area contributed by atoms with Gasteiger partial charge < -0.3 is 10.6 Å². The van der Waals surface area contributed by atoms with Gasteiger partial charge in [0.1, 0.15) is 0 Å². The van der Waals surface area contributed by atoms with Gasteiger partial charge in [0.05, 0.1) is 5.75 Å². The smallest absolute Gasteiger partial charge is 0.251 e. The highest BCUT2D eigenvalue weighted by Crippen LogP contribution is 2.15. The molecular formula is C18H19ClN2O2S. The summed E-state index contributed by atoms with van der Waals surface area (Å²) in [5.41, 5.74) is 1.75. The van der Waals surface area contributed by atoms with Crippen LogP contribution in [0.3, 0.4) is 0 Å². The van der Waals surface area contributed by atoms with Gasteiger partial charge in [0, 0.05) is 29.4 Å². The first-order valence-corrected chi connectivity index (χ1v) is 9.10. The molecule has 2 amide bonds. The van der Waals surface area contributed by atoms with Gasteiger partial charge in [0.25, 0.3) is 5.91 Å². The number of hydrogen-bond acceptors (Lipinski definition) is 3. The van der Waals surface area contributed by atoms with E-state index in [0.717, 1.165) is 11.3 Å². The Morgan fingerprint density at radius 3 is 2.29 bits per heavy atom. The van der Waals surface area contributed by atoms with Crippen LogP contribution in [0.4, 0.5) is 0 Å². The van der Waals surface area contributed by atoms with E-state index in [-0.39, 0.29) is 11.8 Å². The van der Waals surface area contributed by atoms with Crippen molar-refractivity contribution in [3.05, 3.63) is 70.7 Å². The van der Waals surface area contributed by atoms with Crippen molar-refractivity contribution < 1.29 is 9.59 Å². The van der Waals surface area contributed by atoms with Crippen molar-refractivity contribution in [1.82, 2.24) is 10.6 Å². The van der Waals surface area contributed by atoms with E-state index in [1.165, 1.54) is 11.8 Å². The molecule has 2 rings (SSSR count). The molecule has 0 fully saturated rings. The van der Waals surface area contributed by atoms with Crippen molar-refractivity contribution in [3.63, 3.8) is 0 Å². The summed E-state index contributed by atoms with van der Waals surface area (Å²) in [6.07, 6.45) is 0. The van der Waals surface area contributed by atoms with Crippen LogP contribution in [0.25, 0.3) is 0 Å². The molecule has 2 N–H and O–H groups in total. The molecule has 2 aromatic rings. The van der Waals surface area contributed by atoms with Crippen LogP contribution < -0.4 is 10.6 Å². The van der Waals surface area contributed by atoms with E-state index in [1.807, 2.05) is 42.5 Å². The molecule has 0 heterocycles. The van der Waals surface area contributed by atoms with Gasteiger partial charge in [0.2, 0.25) is 5.91 Å². The van der Waals surface area contributed by atoms with Crippen molar-refractivity contribution in [2.24, 2.45) is 0 Å². The third-order valence-electron chi connectivity index (χ3n) is 3.18. The standard InChI is InChI=1S/C18H19ClN2O2S/c19-16-8-6-14(7-9-16)12-24-13-17(22)20-10-11-21-18(23)15-4-2-1-3-5-15/h1-9H,10-13H2,(H,20,22)(H,21,23). The average molecular weight is 363 g/mol. The first kappa shape index (κ1) is 18.4. The summed E-state index contributed by atoms with van der Waals surface area (Å²) in [6.45, 7) is 0.820. The molecule has 126 valence electrons. The summed E-state index contributed by atoms with van der Waals surface area (Å²) in [7, 11) is 0. The van der Waals surface area contributed by atoms with Crippen LogP contribution in [-0.4, -0.2) is 30.7 Å². The number of thioether (sulfide) groups is 1. The second-order valence-electron chi connectivity index (χ2n) is 5.09. The zero-order chi connectivity index (χ0) is 17.2. The van der Waals surface area contributed by atoms with Crippen molar-refractivity contribution in [2.75, 3.05) is 18.8 Å². The average Bonchev–Trinajstić information content (AvgIpc) is 2.61. The Morgan fingerprint density at radius 2 is 1.58 bits per heavy atom. The molecule has 0 aliphatic carbocycles. The molecule has 0 saturated heterocycles. The number of carbonyl (C=O) groups is 2. The lowest BCUT2D eigenvalue weighted by molar-refractivity contribution is -0.118. The third-order valence-corrected chi connectivity index (χ3v) is 4.44. The Balaban J connectivity index is 1.56. The predicted molar refractivity (Wildman–Crippen MR) is 99.4 cm³/mol. The summed E-state index contributed by atoms with van der Waals surface area (Å²) in [4.78, 5) is 23.5. The van der Waals surface area contributed by atoms with Gasteiger partial charge in [-0.05, 0) is 29.8 Å². The van der Waals surface area contributed by atoms with Gasteiger partial charge in [-0.3, -0.25) is 9.59 Å². The van der Waals surface area contributed by atoms with Crippen LogP contribution in [0.2, 0.25) is 5.02 Å². The van der Waals surface area contributed by atoms with E-state index in [2.05, 4.69) is 10.6 Å². The Labute approximate surface area is 151 Å². The lowest BCUT2D eigenvalue weighted by Gasteiger charge is -2.07. The Bertz CT molecular complexity index is 662. The van der Waals surface area contributed by atoms with E-state index in [9.17, 15) is 9.59 Å². The minimum Gasteiger partial charge on any atom is -0.354 e. The van der Waals surface area contributed by atoms with Crippen LogP contribution >= 0.6 is 23.4 Å². The van der Waals surface area contributed by atoms with Gasteiger partial charge in [0.15, 0.2) is 0 Å². The number of nitrogens with one attached hydrogen (secondary N) is 2. The van der Waals surface area contributed by atoms with Crippen LogP contribution in [0.5, 0.6) is 0 Å². The maximum absolute atomic E-state index is 11.8. The molecule has 0 aliphatic rings. The summed E-state index contributed by atoms with van der Waals surface area (Å²) in [5.74, 6) is 0.967. The summed E-state index contributed by atoms with van der Waals surface area (Å²) < 4.78 is 0. The number of carbonyl (C=O) groups excluding carboxylic acids is 2. The Kier molecular flexibility index (Phi) is 7.65. The topological polar surface area (TPSA) is 58.2 Å². The van der Waals surface area contributed by atoms with Crippen LogP contribution in [0.1, 0.15) is 15.9 Å². The lowest BCUT2D eigenvalue weighted by atomic mass is 10.2. The normalized spacial score (nSPS) is 10.2. The summed E-state index contributed by atoms with van der Waals surface area (Å²) in [5, 5.41) is 6.27. The maximum Gasteiger partial charge on any atom is 0.251 e. The summed E-state index contributed by atoms with van der Waals surface area (Å²) >= 11 is 7.37. The number of benzene rings is 2. The van der Waals surface area contributed by atoms with Gasteiger partial charge in [-0.2, -0.15) is 0 Å². The van der Waals surface area contributed by atoms with Crippen molar-refractivity contribution >= 4 is 35.2 Å². The monoisotopic (exact) mass is 362 g/mol. The number of amides is 2. The maximum atomic E-state index is 11.8. The Hall–Kier alpha value is -1.98. The second kappa shape index (κ2) is 10.0. The minimum absolute atomic E-state index is 0.0390. The van der Waals surface area contributed by atoms with Gasteiger partial charge in [-0.15, -0.1) is 11.8 Å². The van der Waals surface area contributed by atoms with Crippen LogP contribution in [-0.2, 0) is 10.5 Å². The minimum atomic E-state index is -0.137. The SMILES string of the molecule is O=C(CSCc1ccc(Cl)cc1)NCCNC(=O)c1ccccc1. The highest BCUT2D eigenvalue weighted by atomic mass is 35.5. The molecule has 0 radical (unpaired) electrons. The number of rotatable bonds is 8. The summed E-state index contributed by atoms with van der Waals surface area (Å²) in [6, 6.07) is 16.6. The van der Waals surface area contributed by atoms with E-state index in [0.29, 0.717) is 29.4 Å². The highest BCUT2D eigenvalue weighted by Gasteiger charge is 2.04. The molecule has 4 nitrogen and oxygen atoms in total. The molecule has 0 aliphatic heterocycles. The molecule has 2 aromatic carbocycles. The molecule has 0 saturated carbocycles. The van der Waals surface area contributed by atoms with Crippen molar-refractivity contribution in [2.45, 2.75) is 5.75 Å². The van der Waals surface area contributed by atoms with Gasteiger partial charge >= 0.3 is 0 Å². The molecule has 0 bridgehead atoms. The predicted octanol–water partition coefficient (Wildman–Crippen LogP) is 3.12. The van der Waals surface area contributed by atoms with E-state index < -0.39 is 0 Å². The van der Waals surface area contributed by atoms with E-state index >= 15 is 0 Å². The zero-order valence-corrected chi connectivity index (χ0v) is 14.7. The van der Waals surface area contributed by atoms with Crippen LogP contribution in [0, 0.1) is 0 Å².